The van der Waals surface area contributed by atoms with Crippen molar-refractivity contribution < 1.29 is 22.6 Å². The number of aromatic nitrogens is 4. The lowest BCUT2D eigenvalue weighted by molar-refractivity contribution is 0.107. The standard InChI is InChI=1S/C29H29F3N8O2S/c30-13-8-29(6-1-7-39(29)9-13)12-42-28-37-23-19-25(38-28)40-10-14-2-5-17(34-14)18(40)11-41-26(19)35-21(20(23)32)15-3-4-16(31)24-22(15)36-27(33)43-24/h3-4,13-14,17-18,34H,1-2,5-12H2,(H2,33,36)/t13-,14?,17?,18?,29+/m1/s1. The van der Waals surface area contributed by atoms with Crippen molar-refractivity contribution >= 4 is 43.4 Å². The molecule has 0 radical (unpaired) electrons. The van der Waals surface area contributed by atoms with Crippen molar-refractivity contribution in [3.8, 4) is 23.1 Å². The number of nitrogen functional groups attached to an aromatic ring is 1. The monoisotopic (exact) mass is 610 g/mol. The summed E-state index contributed by atoms with van der Waals surface area (Å²) in [5.74, 6) is -0.481. The van der Waals surface area contributed by atoms with Crippen LogP contribution >= 0.6 is 11.3 Å². The molecular formula is C29H29F3N8O2S. The molecule has 2 bridgehead atoms. The molecule has 10 nitrogen and oxygen atoms in total. The number of nitrogens with one attached hydrogen (secondary N) is 1. The Kier molecular flexibility index (Phi) is 5.59. The minimum atomic E-state index is -0.902. The molecule has 5 atom stereocenters. The third-order valence-electron chi connectivity index (χ3n) is 9.93. The van der Waals surface area contributed by atoms with Gasteiger partial charge in [-0.1, -0.05) is 11.3 Å². The molecular weight excluding hydrogens is 581 g/mol. The number of fused-ring (bicyclic) bond motifs is 7. The molecule has 3 unspecified atom stereocenters. The van der Waals surface area contributed by atoms with Gasteiger partial charge in [-0.15, -0.1) is 0 Å². The number of rotatable bonds is 4. The van der Waals surface area contributed by atoms with E-state index in [1.54, 1.807) is 0 Å². The Balaban J connectivity index is 1.22. The molecule has 224 valence electrons. The highest BCUT2D eigenvalue weighted by atomic mass is 32.1. The zero-order valence-electron chi connectivity index (χ0n) is 23.2. The minimum absolute atomic E-state index is 0.00257. The predicted molar refractivity (Wildman–Crippen MR) is 155 cm³/mol. The van der Waals surface area contributed by atoms with Crippen LogP contribution in [0.2, 0.25) is 0 Å². The topological polar surface area (TPSA) is 115 Å². The number of thiazole rings is 1. The Morgan fingerprint density at radius 3 is 2.95 bits per heavy atom. The van der Waals surface area contributed by atoms with Gasteiger partial charge in [0.2, 0.25) is 5.88 Å². The number of nitrogens with two attached hydrogens (primary N) is 1. The van der Waals surface area contributed by atoms with E-state index in [1.807, 2.05) is 0 Å². The van der Waals surface area contributed by atoms with Crippen LogP contribution in [0.5, 0.6) is 11.9 Å². The van der Waals surface area contributed by atoms with E-state index in [2.05, 4.69) is 30.1 Å². The van der Waals surface area contributed by atoms with E-state index < -0.39 is 23.3 Å². The van der Waals surface area contributed by atoms with Crippen molar-refractivity contribution in [3.63, 3.8) is 0 Å². The van der Waals surface area contributed by atoms with Crippen LogP contribution in [0.3, 0.4) is 0 Å². The van der Waals surface area contributed by atoms with Crippen molar-refractivity contribution in [1.82, 2.24) is 30.2 Å². The van der Waals surface area contributed by atoms with E-state index in [0.717, 1.165) is 43.6 Å². The predicted octanol–water partition coefficient (Wildman–Crippen LogP) is 3.82. The van der Waals surface area contributed by atoms with Crippen molar-refractivity contribution in [1.29, 1.82) is 0 Å². The molecule has 4 aromatic rings. The highest BCUT2D eigenvalue weighted by molar-refractivity contribution is 7.22. The summed E-state index contributed by atoms with van der Waals surface area (Å²) in [6.45, 7) is 2.44. The molecule has 14 heteroatoms. The number of nitrogens with zero attached hydrogens (tertiary/aromatic N) is 6. The van der Waals surface area contributed by atoms with Crippen LogP contribution in [0.4, 0.5) is 24.1 Å². The molecule has 5 aliphatic rings. The Hall–Kier alpha value is -3.49. The van der Waals surface area contributed by atoms with Gasteiger partial charge in [0, 0.05) is 37.2 Å². The van der Waals surface area contributed by atoms with Gasteiger partial charge in [0.05, 0.1) is 21.8 Å². The first-order valence-electron chi connectivity index (χ1n) is 14.8. The molecule has 3 aromatic heterocycles. The fourth-order valence-corrected chi connectivity index (χ4v) is 8.76. The molecule has 8 heterocycles. The summed E-state index contributed by atoms with van der Waals surface area (Å²) in [5.41, 5.74) is 5.95. The maximum atomic E-state index is 16.7. The van der Waals surface area contributed by atoms with Crippen LogP contribution in [-0.4, -0.2) is 87.5 Å². The lowest BCUT2D eigenvalue weighted by atomic mass is 9.95. The Labute approximate surface area is 248 Å². The van der Waals surface area contributed by atoms with Gasteiger partial charge in [0.15, 0.2) is 10.9 Å². The summed E-state index contributed by atoms with van der Waals surface area (Å²) in [7, 11) is 0. The van der Waals surface area contributed by atoms with Gasteiger partial charge in [0.1, 0.15) is 47.6 Å². The third kappa shape index (κ3) is 3.85. The number of hydrogen-bond acceptors (Lipinski definition) is 11. The molecule has 9 rings (SSSR count). The maximum Gasteiger partial charge on any atom is 0.319 e. The van der Waals surface area contributed by atoms with Crippen molar-refractivity contribution in [2.24, 2.45) is 0 Å². The highest BCUT2D eigenvalue weighted by Crippen LogP contribution is 2.45. The number of halogens is 3. The van der Waals surface area contributed by atoms with E-state index in [1.165, 1.54) is 12.1 Å². The fourth-order valence-electron chi connectivity index (χ4n) is 7.99. The Morgan fingerprint density at radius 2 is 2.05 bits per heavy atom. The molecule has 0 saturated carbocycles. The van der Waals surface area contributed by atoms with Gasteiger partial charge >= 0.3 is 6.01 Å². The SMILES string of the molecule is Nc1nc2c(-c3nc4c5c(nc(OC[C@@]67CCCN6C[C@H](F)C7)nc5c3F)N3CC5CCC(N5)C3CO4)ccc(F)c2s1. The second-order valence-corrected chi connectivity index (χ2v) is 13.4. The number of piperazine rings is 1. The summed E-state index contributed by atoms with van der Waals surface area (Å²) >= 11 is 0.993. The number of ether oxygens (including phenoxy) is 2. The first-order chi connectivity index (χ1) is 20.9. The van der Waals surface area contributed by atoms with E-state index in [-0.39, 0.29) is 68.7 Å². The quantitative estimate of drug-likeness (QED) is 0.354. The average molecular weight is 611 g/mol. The number of alkyl halides is 1. The molecule has 43 heavy (non-hydrogen) atoms. The Morgan fingerprint density at radius 1 is 1.14 bits per heavy atom. The molecule has 0 amide bonds. The molecule has 1 aromatic carbocycles. The zero-order valence-corrected chi connectivity index (χ0v) is 24.0. The lowest BCUT2D eigenvalue weighted by Crippen LogP contribution is -2.60. The molecule has 0 aliphatic carbocycles. The Bertz CT molecular complexity index is 1810. The number of pyridine rings is 1. The van der Waals surface area contributed by atoms with Crippen LogP contribution < -0.4 is 25.4 Å². The average Bonchev–Trinajstić information content (AvgIpc) is 3.72. The molecule has 4 fully saturated rings. The maximum absolute atomic E-state index is 16.7. The highest BCUT2D eigenvalue weighted by Gasteiger charge is 2.50. The summed E-state index contributed by atoms with van der Waals surface area (Å²) in [4.78, 5) is 22.7. The second-order valence-electron chi connectivity index (χ2n) is 12.4. The largest absolute Gasteiger partial charge is 0.475 e. The van der Waals surface area contributed by atoms with Gasteiger partial charge < -0.3 is 25.4 Å². The lowest BCUT2D eigenvalue weighted by Gasteiger charge is -2.40. The molecule has 3 N–H and O–H groups in total. The summed E-state index contributed by atoms with van der Waals surface area (Å²) < 4.78 is 58.6. The van der Waals surface area contributed by atoms with Crippen LogP contribution in [0.15, 0.2) is 12.1 Å². The van der Waals surface area contributed by atoms with E-state index in [0.29, 0.717) is 37.3 Å². The summed E-state index contributed by atoms with van der Waals surface area (Å²) in [6, 6.07) is 3.16. The zero-order chi connectivity index (χ0) is 29.0. The molecule has 4 saturated heterocycles. The third-order valence-corrected chi connectivity index (χ3v) is 10.8. The molecule has 0 spiro atoms. The van der Waals surface area contributed by atoms with Crippen LogP contribution in [0.1, 0.15) is 32.1 Å². The fraction of sp³-hybridized carbons (Fsp3) is 0.517. The van der Waals surface area contributed by atoms with Crippen LogP contribution in [0, 0.1) is 11.6 Å². The van der Waals surface area contributed by atoms with Crippen molar-refractivity contribution in [2.45, 2.75) is 61.9 Å². The number of hydrogen-bond donors (Lipinski definition) is 2. The number of anilines is 2. The number of benzene rings is 1. The smallest absolute Gasteiger partial charge is 0.319 e. The van der Waals surface area contributed by atoms with Gasteiger partial charge in [-0.25, -0.2) is 23.1 Å². The molecule has 5 aliphatic heterocycles. The van der Waals surface area contributed by atoms with Gasteiger partial charge in [-0.05, 0) is 44.4 Å². The van der Waals surface area contributed by atoms with E-state index in [4.69, 9.17) is 20.2 Å². The minimum Gasteiger partial charge on any atom is -0.475 e. The summed E-state index contributed by atoms with van der Waals surface area (Å²) in [6.07, 6.45) is 3.33. The first kappa shape index (κ1) is 26.0. The van der Waals surface area contributed by atoms with Crippen LogP contribution in [-0.2, 0) is 0 Å². The summed E-state index contributed by atoms with van der Waals surface area (Å²) in [5, 5.41) is 4.21. The van der Waals surface area contributed by atoms with Crippen molar-refractivity contribution in [3.05, 3.63) is 23.8 Å². The van der Waals surface area contributed by atoms with Crippen LogP contribution in [0.25, 0.3) is 32.4 Å². The second kappa shape index (κ2) is 9.26. The van der Waals surface area contributed by atoms with Gasteiger partial charge in [-0.2, -0.15) is 9.97 Å². The van der Waals surface area contributed by atoms with E-state index in [9.17, 15) is 8.78 Å². The normalized spacial score (nSPS) is 29.6. The first-order valence-corrected chi connectivity index (χ1v) is 15.6. The van der Waals surface area contributed by atoms with Gasteiger partial charge in [0.25, 0.3) is 0 Å². The van der Waals surface area contributed by atoms with Crippen molar-refractivity contribution in [2.75, 3.05) is 43.5 Å². The van der Waals surface area contributed by atoms with Gasteiger partial charge in [-0.3, -0.25) is 4.90 Å². The van der Waals surface area contributed by atoms with E-state index >= 15 is 4.39 Å².